The fraction of sp³-hybridized carbons (Fsp3) is 0.0385. The highest BCUT2D eigenvalue weighted by atomic mass is 35.5. The number of benzene rings is 3. The van der Waals surface area contributed by atoms with Crippen LogP contribution in [0.1, 0.15) is 37.1 Å². The van der Waals surface area contributed by atoms with Gasteiger partial charge in [0.25, 0.3) is 11.8 Å². The Hall–Kier alpha value is -3.92. The summed E-state index contributed by atoms with van der Waals surface area (Å²) in [6, 6.07) is 27.0. The molecule has 0 aliphatic carbocycles. The average Bonchev–Trinajstić information content (AvgIpc) is 3.37. The van der Waals surface area contributed by atoms with Crippen molar-refractivity contribution >= 4 is 46.1 Å². The second kappa shape index (κ2) is 10.1. The Morgan fingerprint density at radius 2 is 1.55 bits per heavy atom. The normalized spacial score (nSPS) is 11.3. The second-order valence-corrected chi connectivity index (χ2v) is 8.53. The van der Waals surface area contributed by atoms with Gasteiger partial charge in [0.2, 0.25) is 0 Å². The summed E-state index contributed by atoms with van der Waals surface area (Å²) < 4.78 is 0. The van der Waals surface area contributed by atoms with Crippen molar-refractivity contribution in [1.82, 2.24) is 0 Å². The third-order valence-corrected chi connectivity index (χ3v) is 6.18. The molecule has 4 aromatic rings. The molecule has 0 spiro atoms. The van der Waals surface area contributed by atoms with Crippen molar-refractivity contribution in [3.63, 3.8) is 0 Å². The number of rotatable bonds is 6. The highest BCUT2D eigenvalue weighted by molar-refractivity contribution is 7.12. The first-order valence-corrected chi connectivity index (χ1v) is 11.3. The van der Waals surface area contributed by atoms with Gasteiger partial charge in [-0.2, -0.15) is 5.26 Å². The van der Waals surface area contributed by atoms with Gasteiger partial charge >= 0.3 is 0 Å². The fourth-order valence-electron chi connectivity index (χ4n) is 3.32. The SMILES string of the molecule is N#CC(c1ccccc1)c1ccc(NC(=O)c2ccc(NC(=O)c3cccs3)cc2)cc1Cl. The zero-order valence-electron chi connectivity index (χ0n) is 17.3. The summed E-state index contributed by atoms with van der Waals surface area (Å²) in [6.07, 6.45) is 0. The maximum Gasteiger partial charge on any atom is 0.265 e. The zero-order chi connectivity index (χ0) is 23.2. The number of thiophene rings is 1. The third-order valence-electron chi connectivity index (χ3n) is 4.98. The predicted octanol–water partition coefficient (Wildman–Crippen LogP) is 6.56. The van der Waals surface area contributed by atoms with Crippen molar-refractivity contribution in [2.75, 3.05) is 10.6 Å². The third kappa shape index (κ3) is 5.29. The average molecular weight is 472 g/mol. The van der Waals surface area contributed by atoms with E-state index in [1.165, 1.54) is 11.3 Å². The summed E-state index contributed by atoms with van der Waals surface area (Å²) in [5.74, 6) is -1.00. The highest BCUT2D eigenvalue weighted by Crippen LogP contribution is 2.32. The van der Waals surface area contributed by atoms with E-state index in [1.807, 2.05) is 41.8 Å². The van der Waals surface area contributed by atoms with Crippen molar-refractivity contribution in [2.24, 2.45) is 0 Å². The van der Waals surface area contributed by atoms with Gasteiger partial charge in [0.1, 0.15) is 0 Å². The number of hydrogen-bond acceptors (Lipinski definition) is 4. The molecule has 1 aromatic heterocycles. The molecule has 7 heteroatoms. The van der Waals surface area contributed by atoms with Crippen LogP contribution < -0.4 is 10.6 Å². The van der Waals surface area contributed by atoms with Crippen molar-refractivity contribution in [3.8, 4) is 6.07 Å². The molecule has 2 amide bonds. The molecule has 0 aliphatic heterocycles. The lowest BCUT2D eigenvalue weighted by Gasteiger charge is -2.13. The lowest BCUT2D eigenvalue weighted by atomic mass is 9.92. The van der Waals surface area contributed by atoms with Crippen molar-refractivity contribution in [2.45, 2.75) is 5.92 Å². The van der Waals surface area contributed by atoms with Crippen LogP contribution in [0.3, 0.4) is 0 Å². The van der Waals surface area contributed by atoms with Gasteiger partial charge in [-0.15, -0.1) is 11.3 Å². The monoisotopic (exact) mass is 471 g/mol. The molecule has 162 valence electrons. The van der Waals surface area contributed by atoms with E-state index in [2.05, 4.69) is 16.7 Å². The van der Waals surface area contributed by atoms with Crippen LogP contribution in [-0.4, -0.2) is 11.8 Å². The molecular formula is C26H18ClN3O2S. The van der Waals surface area contributed by atoms with E-state index in [4.69, 9.17) is 11.6 Å². The van der Waals surface area contributed by atoms with Crippen molar-refractivity contribution < 1.29 is 9.59 Å². The van der Waals surface area contributed by atoms with Gasteiger partial charge < -0.3 is 10.6 Å². The van der Waals surface area contributed by atoms with Crippen LogP contribution in [-0.2, 0) is 0 Å². The van der Waals surface area contributed by atoms with E-state index in [-0.39, 0.29) is 11.8 Å². The highest BCUT2D eigenvalue weighted by Gasteiger charge is 2.17. The first-order valence-electron chi connectivity index (χ1n) is 10.1. The Kier molecular flexibility index (Phi) is 6.84. The standard InChI is InChI=1S/C26H18ClN3O2S/c27-23-15-20(12-13-21(23)22(16-28)17-5-2-1-3-6-17)30-25(31)18-8-10-19(11-9-18)29-26(32)24-7-4-14-33-24/h1-15,22H,(H,29,32)(H,30,31). The number of carbonyl (C=O) groups excluding carboxylic acids is 2. The van der Waals surface area contributed by atoms with E-state index in [1.54, 1.807) is 48.5 Å². The van der Waals surface area contributed by atoms with Crippen LogP contribution in [0, 0.1) is 11.3 Å². The number of nitriles is 1. The topological polar surface area (TPSA) is 82.0 Å². The van der Waals surface area contributed by atoms with Crippen LogP contribution in [0.15, 0.2) is 90.3 Å². The molecule has 1 heterocycles. The van der Waals surface area contributed by atoms with Crippen LogP contribution in [0.5, 0.6) is 0 Å². The molecule has 0 fully saturated rings. The number of nitrogens with zero attached hydrogens (tertiary/aromatic N) is 1. The minimum atomic E-state index is -0.500. The zero-order valence-corrected chi connectivity index (χ0v) is 18.9. The summed E-state index contributed by atoms with van der Waals surface area (Å²) in [4.78, 5) is 25.4. The molecule has 0 saturated carbocycles. The van der Waals surface area contributed by atoms with Crippen molar-refractivity contribution in [3.05, 3.63) is 117 Å². The Balaban J connectivity index is 1.43. The number of halogens is 1. The fourth-order valence-corrected chi connectivity index (χ4v) is 4.23. The number of anilines is 2. The van der Waals surface area contributed by atoms with Gasteiger partial charge in [0, 0.05) is 22.0 Å². The Morgan fingerprint density at radius 3 is 2.18 bits per heavy atom. The largest absolute Gasteiger partial charge is 0.322 e. The molecule has 0 radical (unpaired) electrons. The maximum absolute atomic E-state index is 12.6. The van der Waals surface area contributed by atoms with E-state index in [0.29, 0.717) is 32.4 Å². The van der Waals surface area contributed by atoms with Gasteiger partial charge in [-0.25, -0.2) is 0 Å². The molecule has 33 heavy (non-hydrogen) atoms. The number of nitrogens with one attached hydrogen (secondary N) is 2. The molecule has 0 bridgehead atoms. The van der Waals surface area contributed by atoms with Gasteiger partial charge in [-0.3, -0.25) is 9.59 Å². The summed E-state index contributed by atoms with van der Waals surface area (Å²) >= 11 is 7.81. The van der Waals surface area contributed by atoms with Gasteiger partial charge in [0.05, 0.1) is 16.9 Å². The predicted molar refractivity (Wildman–Crippen MR) is 132 cm³/mol. The van der Waals surface area contributed by atoms with Crippen LogP contribution in [0.2, 0.25) is 5.02 Å². The molecular weight excluding hydrogens is 454 g/mol. The Bertz CT molecular complexity index is 1310. The second-order valence-electron chi connectivity index (χ2n) is 7.17. The van der Waals surface area contributed by atoms with E-state index >= 15 is 0 Å². The van der Waals surface area contributed by atoms with Crippen LogP contribution in [0.25, 0.3) is 0 Å². The smallest absolute Gasteiger partial charge is 0.265 e. The van der Waals surface area contributed by atoms with Gasteiger partial charge in [0.15, 0.2) is 0 Å². The molecule has 1 atom stereocenters. The molecule has 5 nitrogen and oxygen atoms in total. The van der Waals surface area contributed by atoms with Gasteiger partial charge in [-0.05, 0) is 59.0 Å². The Morgan fingerprint density at radius 1 is 0.848 bits per heavy atom. The van der Waals surface area contributed by atoms with E-state index in [0.717, 1.165) is 5.56 Å². The summed E-state index contributed by atoms with van der Waals surface area (Å²) in [5.41, 5.74) is 3.08. The van der Waals surface area contributed by atoms with Gasteiger partial charge in [-0.1, -0.05) is 54.1 Å². The molecule has 2 N–H and O–H groups in total. The minimum Gasteiger partial charge on any atom is -0.322 e. The quantitative estimate of drug-likeness (QED) is 0.334. The first-order chi connectivity index (χ1) is 16.0. The summed E-state index contributed by atoms with van der Waals surface area (Å²) in [5, 5.41) is 17.5. The first kappa shape index (κ1) is 22.3. The van der Waals surface area contributed by atoms with E-state index < -0.39 is 5.92 Å². The number of carbonyl (C=O) groups is 2. The molecule has 4 rings (SSSR count). The lowest BCUT2D eigenvalue weighted by molar-refractivity contribution is 0.102. The minimum absolute atomic E-state index is 0.192. The maximum atomic E-state index is 12.6. The summed E-state index contributed by atoms with van der Waals surface area (Å²) in [6.45, 7) is 0. The molecule has 0 aliphatic rings. The van der Waals surface area contributed by atoms with Crippen molar-refractivity contribution in [1.29, 1.82) is 5.26 Å². The summed E-state index contributed by atoms with van der Waals surface area (Å²) in [7, 11) is 0. The van der Waals surface area contributed by atoms with Crippen LogP contribution >= 0.6 is 22.9 Å². The lowest BCUT2D eigenvalue weighted by Crippen LogP contribution is -2.13. The number of hydrogen-bond donors (Lipinski definition) is 2. The molecule has 0 saturated heterocycles. The number of amides is 2. The van der Waals surface area contributed by atoms with E-state index in [9.17, 15) is 14.9 Å². The molecule has 1 unspecified atom stereocenters. The molecule has 3 aromatic carbocycles. The Labute approximate surface area is 200 Å². The van der Waals surface area contributed by atoms with Crippen LogP contribution in [0.4, 0.5) is 11.4 Å².